The zero-order chi connectivity index (χ0) is 18.6. The lowest BCUT2D eigenvalue weighted by molar-refractivity contribution is -0.136. The summed E-state index contributed by atoms with van der Waals surface area (Å²) in [6, 6.07) is 4.86. The molecule has 1 aliphatic rings. The quantitative estimate of drug-likeness (QED) is 0.804. The molecule has 0 radical (unpaired) electrons. The van der Waals surface area contributed by atoms with Gasteiger partial charge in [0.1, 0.15) is 17.5 Å². The topological polar surface area (TPSA) is 85.1 Å². The molecule has 7 nitrogen and oxygen atoms in total. The van der Waals surface area contributed by atoms with E-state index in [2.05, 4.69) is 0 Å². The molecule has 1 aromatic rings. The fourth-order valence-electron chi connectivity index (χ4n) is 2.93. The van der Waals surface area contributed by atoms with Crippen molar-refractivity contribution in [2.45, 2.75) is 38.3 Å². The Bertz CT molecular complexity index is 610. The highest BCUT2D eigenvalue weighted by Crippen LogP contribution is 2.31. The molecule has 1 fully saturated rings. The standard InChI is InChI=1S/C18H27N3O4/c1-12(19)5-6-17(22)20(2)16-7-8-21(18(16)23)13-9-14(24-3)11-15(10-13)25-4/h9-12,16H,5-8,19H2,1-4H3. The summed E-state index contributed by atoms with van der Waals surface area (Å²) in [7, 11) is 4.82. The van der Waals surface area contributed by atoms with Gasteiger partial charge in [-0.3, -0.25) is 9.59 Å². The van der Waals surface area contributed by atoms with Gasteiger partial charge in [0.05, 0.1) is 19.9 Å². The Labute approximate surface area is 148 Å². The Kier molecular flexibility index (Phi) is 6.25. The van der Waals surface area contributed by atoms with Crippen LogP contribution >= 0.6 is 0 Å². The van der Waals surface area contributed by atoms with E-state index in [1.54, 1.807) is 49.3 Å². The molecular weight excluding hydrogens is 322 g/mol. The number of carbonyl (C=O) groups is 2. The van der Waals surface area contributed by atoms with Crippen LogP contribution in [0.15, 0.2) is 18.2 Å². The summed E-state index contributed by atoms with van der Waals surface area (Å²) >= 11 is 0. The van der Waals surface area contributed by atoms with Gasteiger partial charge in [-0.1, -0.05) is 0 Å². The first-order valence-electron chi connectivity index (χ1n) is 8.43. The van der Waals surface area contributed by atoms with Crippen LogP contribution in [0.1, 0.15) is 26.2 Å². The minimum absolute atomic E-state index is 0.0302. The number of methoxy groups -OCH3 is 2. The van der Waals surface area contributed by atoms with E-state index in [0.29, 0.717) is 43.0 Å². The predicted octanol–water partition coefficient (Wildman–Crippen LogP) is 1.39. The summed E-state index contributed by atoms with van der Waals surface area (Å²) in [5, 5.41) is 0. The number of rotatable bonds is 7. The fourth-order valence-corrected chi connectivity index (χ4v) is 2.93. The Morgan fingerprint density at radius 1 is 1.32 bits per heavy atom. The van der Waals surface area contributed by atoms with Crippen LogP contribution in [-0.4, -0.2) is 56.6 Å². The third-order valence-electron chi connectivity index (χ3n) is 4.50. The van der Waals surface area contributed by atoms with Crippen LogP contribution in [0.4, 0.5) is 5.69 Å². The molecule has 2 rings (SSSR count). The van der Waals surface area contributed by atoms with Crippen LogP contribution in [0.2, 0.25) is 0 Å². The van der Waals surface area contributed by atoms with Crippen LogP contribution in [0.25, 0.3) is 0 Å². The third-order valence-corrected chi connectivity index (χ3v) is 4.50. The number of anilines is 1. The van der Waals surface area contributed by atoms with E-state index >= 15 is 0 Å². The maximum absolute atomic E-state index is 12.8. The van der Waals surface area contributed by atoms with Gasteiger partial charge < -0.3 is 25.0 Å². The molecule has 2 unspecified atom stereocenters. The molecule has 1 heterocycles. The number of benzene rings is 1. The number of likely N-dealkylation sites (N-methyl/N-ethyl adjacent to an activating group) is 1. The van der Waals surface area contributed by atoms with Gasteiger partial charge in [-0.15, -0.1) is 0 Å². The van der Waals surface area contributed by atoms with Crippen LogP contribution in [0.3, 0.4) is 0 Å². The molecule has 1 aliphatic heterocycles. The second-order valence-corrected chi connectivity index (χ2v) is 6.39. The summed E-state index contributed by atoms with van der Waals surface area (Å²) in [6.45, 7) is 2.41. The van der Waals surface area contributed by atoms with E-state index in [9.17, 15) is 9.59 Å². The largest absolute Gasteiger partial charge is 0.497 e. The minimum atomic E-state index is -0.447. The molecule has 2 amide bonds. The highest BCUT2D eigenvalue weighted by molar-refractivity contribution is 6.01. The SMILES string of the molecule is COc1cc(OC)cc(N2CCC(N(C)C(=O)CCC(C)N)C2=O)c1. The Morgan fingerprint density at radius 3 is 2.44 bits per heavy atom. The van der Waals surface area contributed by atoms with Gasteiger partial charge in [-0.25, -0.2) is 0 Å². The van der Waals surface area contributed by atoms with E-state index in [1.165, 1.54) is 0 Å². The molecular formula is C18H27N3O4. The smallest absolute Gasteiger partial charge is 0.249 e. The lowest BCUT2D eigenvalue weighted by atomic mass is 10.1. The second kappa shape index (κ2) is 8.20. The van der Waals surface area contributed by atoms with Gasteiger partial charge in [-0.2, -0.15) is 0 Å². The highest BCUT2D eigenvalue weighted by atomic mass is 16.5. The maximum Gasteiger partial charge on any atom is 0.249 e. The molecule has 2 atom stereocenters. The first-order chi connectivity index (χ1) is 11.9. The fraction of sp³-hybridized carbons (Fsp3) is 0.556. The van der Waals surface area contributed by atoms with Crippen LogP contribution < -0.4 is 20.1 Å². The number of ether oxygens (including phenoxy) is 2. The number of carbonyl (C=O) groups excluding carboxylic acids is 2. The van der Waals surface area contributed by atoms with E-state index in [0.717, 1.165) is 0 Å². The summed E-state index contributed by atoms with van der Waals surface area (Å²) in [6.07, 6.45) is 1.56. The van der Waals surface area contributed by atoms with E-state index in [4.69, 9.17) is 15.2 Å². The van der Waals surface area contributed by atoms with Gasteiger partial charge in [0.15, 0.2) is 0 Å². The molecule has 0 aliphatic carbocycles. The first kappa shape index (κ1) is 19.1. The van der Waals surface area contributed by atoms with Crippen LogP contribution in [0, 0.1) is 0 Å². The number of amides is 2. The van der Waals surface area contributed by atoms with Crippen molar-refractivity contribution in [2.24, 2.45) is 5.73 Å². The van der Waals surface area contributed by atoms with Crippen molar-refractivity contribution in [1.29, 1.82) is 0 Å². The third kappa shape index (κ3) is 4.42. The maximum atomic E-state index is 12.8. The molecule has 1 saturated heterocycles. The normalized spacial score (nSPS) is 18.2. The van der Waals surface area contributed by atoms with E-state index < -0.39 is 6.04 Å². The monoisotopic (exact) mass is 349 g/mol. The van der Waals surface area contributed by atoms with Crippen molar-refractivity contribution in [1.82, 2.24) is 4.90 Å². The molecule has 1 aromatic carbocycles. The Hall–Kier alpha value is -2.28. The molecule has 0 spiro atoms. The van der Waals surface area contributed by atoms with Crippen LogP contribution in [-0.2, 0) is 9.59 Å². The van der Waals surface area contributed by atoms with Crippen molar-refractivity contribution in [2.75, 3.05) is 32.7 Å². The molecule has 25 heavy (non-hydrogen) atoms. The minimum Gasteiger partial charge on any atom is -0.497 e. The van der Waals surface area contributed by atoms with Crippen molar-refractivity contribution in [3.8, 4) is 11.5 Å². The molecule has 138 valence electrons. The lowest BCUT2D eigenvalue weighted by Gasteiger charge is -2.24. The summed E-state index contributed by atoms with van der Waals surface area (Å²) in [5.74, 6) is 1.09. The van der Waals surface area contributed by atoms with Crippen molar-refractivity contribution in [3.05, 3.63) is 18.2 Å². The Morgan fingerprint density at radius 2 is 1.92 bits per heavy atom. The van der Waals surface area contributed by atoms with Gasteiger partial charge in [0.2, 0.25) is 11.8 Å². The average molecular weight is 349 g/mol. The molecule has 0 saturated carbocycles. The second-order valence-electron chi connectivity index (χ2n) is 6.39. The summed E-state index contributed by atoms with van der Waals surface area (Å²) in [5.41, 5.74) is 6.41. The average Bonchev–Trinajstić information content (AvgIpc) is 2.99. The summed E-state index contributed by atoms with van der Waals surface area (Å²) in [4.78, 5) is 28.3. The molecule has 0 bridgehead atoms. The van der Waals surface area contributed by atoms with Gasteiger partial charge >= 0.3 is 0 Å². The van der Waals surface area contributed by atoms with Crippen molar-refractivity contribution >= 4 is 17.5 Å². The number of hydrogen-bond donors (Lipinski definition) is 1. The highest BCUT2D eigenvalue weighted by Gasteiger charge is 2.37. The number of hydrogen-bond acceptors (Lipinski definition) is 5. The lowest BCUT2D eigenvalue weighted by Crippen LogP contribution is -2.43. The van der Waals surface area contributed by atoms with Gasteiger partial charge in [0, 0.05) is 44.3 Å². The zero-order valence-electron chi connectivity index (χ0n) is 15.3. The summed E-state index contributed by atoms with van der Waals surface area (Å²) < 4.78 is 10.5. The van der Waals surface area contributed by atoms with Gasteiger partial charge in [0.25, 0.3) is 0 Å². The first-order valence-corrected chi connectivity index (χ1v) is 8.43. The van der Waals surface area contributed by atoms with Crippen molar-refractivity contribution < 1.29 is 19.1 Å². The Balaban J connectivity index is 2.12. The number of nitrogens with two attached hydrogens (primary N) is 1. The van der Waals surface area contributed by atoms with E-state index in [-0.39, 0.29) is 17.9 Å². The molecule has 2 N–H and O–H groups in total. The van der Waals surface area contributed by atoms with Crippen LogP contribution in [0.5, 0.6) is 11.5 Å². The van der Waals surface area contributed by atoms with Crippen molar-refractivity contribution in [3.63, 3.8) is 0 Å². The van der Waals surface area contributed by atoms with E-state index in [1.807, 2.05) is 6.92 Å². The number of nitrogens with zero attached hydrogens (tertiary/aromatic N) is 2. The zero-order valence-corrected chi connectivity index (χ0v) is 15.3. The van der Waals surface area contributed by atoms with Gasteiger partial charge in [-0.05, 0) is 19.8 Å². The predicted molar refractivity (Wildman–Crippen MR) is 96.0 cm³/mol. The molecule has 0 aromatic heterocycles. The molecule has 7 heteroatoms.